The summed E-state index contributed by atoms with van der Waals surface area (Å²) in [6.07, 6.45) is 4.93. The monoisotopic (exact) mass is 286 g/mol. The van der Waals surface area contributed by atoms with Crippen molar-refractivity contribution >= 4 is 17.1 Å². The molecule has 1 unspecified atom stereocenters. The minimum absolute atomic E-state index is 0.00774. The number of aromatic nitrogens is 2. The van der Waals surface area contributed by atoms with Gasteiger partial charge in [-0.25, -0.2) is 4.52 Å². The predicted molar refractivity (Wildman–Crippen MR) is 78.7 cm³/mol. The molecule has 0 aromatic carbocycles. The van der Waals surface area contributed by atoms with Crippen molar-refractivity contribution in [2.75, 3.05) is 13.1 Å². The number of carbonyl (C=O) groups excluding carboxylic acids is 1. The van der Waals surface area contributed by atoms with Crippen LogP contribution in [-0.4, -0.2) is 44.4 Å². The SMILES string of the molecule is CCC1CN(C(=O)c2cnn3ccccc23)CC/C1=N\O. The Morgan fingerprint density at radius 2 is 2.38 bits per heavy atom. The van der Waals surface area contributed by atoms with Gasteiger partial charge in [0.05, 0.1) is 23.0 Å². The summed E-state index contributed by atoms with van der Waals surface area (Å²) in [6.45, 7) is 3.22. The van der Waals surface area contributed by atoms with Gasteiger partial charge in [-0.1, -0.05) is 18.1 Å². The van der Waals surface area contributed by atoms with E-state index in [9.17, 15) is 4.79 Å². The summed E-state index contributed by atoms with van der Waals surface area (Å²) < 4.78 is 1.70. The van der Waals surface area contributed by atoms with Crippen molar-refractivity contribution < 1.29 is 10.0 Å². The molecule has 1 N–H and O–H groups in total. The molecule has 1 amide bonds. The average molecular weight is 286 g/mol. The van der Waals surface area contributed by atoms with E-state index in [-0.39, 0.29) is 11.8 Å². The molecule has 6 heteroatoms. The first kappa shape index (κ1) is 13.6. The molecule has 1 fully saturated rings. The lowest BCUT2D eigenvalue weighted by atomic mass is 9.93. The van der Waals surface area contributed by atoms with Gasteiger partial charge in [0, 0.05) is 31.6 Å². The molecular weight excluding hydrogens is 268 g/mol. The maximum Gasteiger partial charge on any atom is 0.257 e. The summed E-state index contributed by atoms with van der Waals surface area (Å²) in [4.78, 5) is 14.5. The highest BCUT2D eigenvalue weighted by Gasteiger charge is 2.29. The largest absolute Gasteiger partial charge is 0.411 e. The van der Waals surface area contributed by atoms with Gasteiger partial charge in [-0.15, -0.1) is 0 Å². The zero-order valence-corrected chi connectivity index (χ0v) is 11.9. The first-order chi connectivity index (χ1) is 10.2. The molecule has 110 valence electrons. The summed E-state index contributed by atoms with van der Waals surface area (Å²) in [5.41, 5.74) is 2.23. The van der Waals surface area contributed by atoms with Crippen LogP contribution in [0.25, 0.3) is 5.52 Å². The summed E-state index contributed by atoms with van der Waals surface area (Å²) in [6, 6.07) is 5.67. The Hall–Kier alpha value is -2.37. The fraction of sp³-hybridized carbons (Fsp3) is 0.400. The molecule has 1 atom stereocenters. The van der Waals surface area contributed by atoms with Gasteiger partial charge in [-0.05, 0) is 18.6 Å². The molecule has 6 nitrogen and oxygen atoms in total. The van der Waals surface area contributed by atoms with Gasteiger partial charge in [0.2, 0.25) is 0 Å². The predicted octanol–water partition coefficient (Wildman–Crippen LogP) is 2.04. The van der Waals surface area contributed by atoms with Gasteiger partial charge in [0.15, 0.2) is 0 Å². The molecular formula is C15H18N4O2. The van der Waals surface area contributed by atoms with E-state index in [0.717, 1.165) is 17.6 Å². The highest BCUT2D eigenvalue weighted by molar-refractivity contribution is 6.01. The Kier molecular flexibility index (Phi) is 3.60. The molecule has 2 aromatic rings. The number of hydrogen-bond acceptors (Lipinski definition) is 4. The van der Waals surface area contributed by atoms with E-state index in [1.165, 1.54) is 0 Å². The summed E-state index contributed by atoms with van der Waals surface area (Å²) in [5, 5.41) is 16.6. The van der Waals surface area contributed by atoms with Crippen LogP contribution in [0, 0.1) is 5.92 Å². The number of hydrogen-bond donors (Lipinski definition) is 1. The molecule has 0 bridgehead atoms. The number of oxime groups is 1. The molecule has 1 saturated heterocycles. The van der Waals surface area contributed by atoms with Gasteiger partial charge in [-0.3, -0.25) is 4.79 Å². The third kappa shape index (κ3) is 2.37. The van der Waals surface area contributed by atoms with Crippen molar-refractivity contribution in [1.82, 2.24) is 14.5 Å². The van der Waals surface area contributed by atoms with E-state index in [0.29, 0.717) is 25.1 Å². The van der Waals surface area contributed by atoms with Crippen molar-refractivity contribution in [3.63, 3.8) is 0 Å². The number of amides is 1. The molecule has 3 rings (SSSR count). The van der Waals surface area contributed by atoms with Crippen LogP contribution in [0.15, 0.2) is 35.7 Å². The number of nitrogens with zero attached hydrogens (tertiary/aromatic N) is 4. The lowest BCUT2D eigenvalue weighted by Gasteiger charge is -2.32. The lowest BCUT2D eigenvalue weighted by molar-refractivity contribution is 0.0731. The fourth-order valence-electron chi connectivity index (χ4n) is 2.87. The number of likely N-dealkylation sites (tertiary alicyclic amines) is 1. The zero-order chi connectivity index (χ0) is 14.8. The van der Waals surface area contributed by atoms with Crippen molar-refractivity contribution in [3.05, 3.63) is 36.2 Å². The van der Waals surface area contributed by atoms with Crippen LogP contribution >= 0.6 is 0 Å². The van der Waals surface area contributed by atoms with Crippen LogP contribution in [0.1, 0.15) is 30.1 Å². The molecule has 0 aliphatic carbocycles. The first-order valence-electron chi connectivity index (χ1n) is 7.17. The van der Waals surface area contributed by atoms with Gasteiger partial charge in [0.25, 0.3) is 5.91 Å². The van der Waals surface area contributed by atoms with Crippen LogP contribution in [-0.2, 0) is 0 Å². The molecule has 0 saturated carbocycles. The second-order valence-electron chi connectivity index (χ2n) is 5.29. The van der Waals surface area contributed by atoms with Gasteiger partial charge in [-0.2, -0.15) is 5.10 Å². The molecule has 3 heterocycles. The van der Waals surface area contributed by atoms with E-state index in [1.54, 1.807) is 10.7 Å². The average Bonchev–Trinajstić information content (AvgIpc) is 2.97. The molecule has 1 aliphatic heterocycles. The van der Waals surface area contributed by atoms with Crippen molar-refractivity contribution in [1.29, 1.82) is 0 Å². The van der Waals surface area contributed by atoms with Crippen molar-refractivity contribution in [2.24, 2.45) is 11.1 Å². The highest BCUT2D eigenvalue weighted by atomic mass is 16.4. The Labute approximate surface area is 122 Å². The molecule has 21 heavy (non-hydrogen) atoms. The number of fused-ring (bicyclic) bond motifs is 1. The summed E-state index contributed by atoms with van der Waals surface area (Å²) in [5.74, 6) is 0.126. The number of rotatable bonds is 2. The molecule has 0 radical (unpaired) electrons. The maximum absolute atomic E-state index is 12.7. The number of carbonyl (C=O) groups is 1. The topological polar surface area (TPSA) is 70.2 Å². The van der Waals surface area contributed by atoms with Gasteiger partial charge < -0.3 is 10.1 Å². The fourth-order valence-corrected chi connectivity index (χ4v) is 2.87. The van der Waals surface area contributed by atoms with Crippen LogP contribution in [0.3, 0.4) is 0 Å². The van der Waals surface area contributed by atoms with E-state index in [1.807, 2.05) is 36.2 Å². The quantitative estimate of drug-likeness (QED) is 0.678. The summed E-state index contributed by atoms with van der Waals surface area (Å²) >= 11 is 0. The van der Waals surface area contributed by atoms with Crippen LogP contribution in [0.5, 0.6) is 0 Å². The second kappa shape index (κ2) is 5.55. The summed E-state index contributed by atoms with van der Waals surface area (Å²) in [7, 11) is 0. The Morgan fingerprint density at radius 1 is 1.52 bits per heavy atom. The third-order valence-corrected chi connectivity index (χ3v) is 4.12. The van der Waals surface area contributed by atoms with E-state index < -0.39 is 0 Å². The minimum Gasteiger partial charge on any atom is -0.411 e. The van der Waals surface area contributed by atoms with Crippen LogP contribution < -0.4 is 0 Å². The van der Waals surface area contributed by atoms with E-state index >= 15 is 0 Å². The van der Waals surface area contributed by atoms with E-state index in [2.05, 4.69) is 10.3 Å². The Morgan fingerprint density at radius 3 is 3.14 bits per heavy atom. The van der Waals surface area contributed by atoms with Gasteiger partial charge in [0.1, 0.15) is 0 Å². The van der Waals surface area contributed by atoms with Crippen molar-refractivity contribution in [3.8, 4) is 0 Å². The molecule has 1 aliphatic rings. The lowest BCUT2D eigenvalue weighted by Crippen LogP contribution is -2.44. The van der Waals surface area contributed by atoms with Crippen LogP contribution in [0.4, 0.5) is 0 Å². The normalized spacial score (nSPS) is 21.1. The second-order valence-corrected chi connectivity index (χ2v) is 5.29. The number of pyridine rings is 1. The smallest absolute Gasteiger partial charge is 0.257 e. The Balaban J connectivity index is 1.86. The van der Waals surface area contributed by atoms with E-state index in [4.69, 9.17) is 5.21 Å². The zero-order valence-electron chi connectivity index (χ0n) is 11.9. The van der Waals surface area contributed by atoms with Crippen molar-refractivity contribution in [2.45, 2.75) is 19.8 Å². The molecule has 2 aromatic heterocycles. The van der Waals surface area contributed by atoms with Gasteiger partial charge >= 0.3 is 0 Å². The first-order valence-corrected chi connectivity index (χ1v) is 7.17. The minimum atomic E-state index is -0.00774. The standard InChI is InChI=1S/C15H18N4O2/c1-2-11-10-18(8-6-13(11)17-21)15(20)12-9-16-19-7-4-3-5-14(12)19/h3-5,7,9,11,21H,2,6,8,10H2,1H3/b17-13+. The number of piperidine rings is 1. The highest BCUT2D eigenvalue weighted by Crippen LogP contribution is 2.21. The third-order valence-electron chi connectivity index (χ3n) is 4.12. The van der Waals surface area contributed by atoms with Crippen LogP contribution in [0.2, 0.25) is 0 Å². The Bertz CT molecular complexity index is 692. The maximum atomic E-state index is 12.7. The molecule has 0 spiro atoms.